The molecule has 7 nitrogen and oxygen atoms in total. The number of benzene rings is 1. The normalized spacial score (nSPS) is 19.6. The Balaban J connectivity index is 0.00000259. The van der Waals surface area contributed by atoms with Gasteiger partial charge in [0.05, 0.1) is 23.7 Å². The molecule has 0 spiro atoms. The lowest BCUT2D eigenvalue weighted by Gasteiger charge is -2.44. The average molecular weight is 512 g/mol. The first kappa shape index (κ1) is 23.7. The summed E-state index contributed by atoms with van der Waals surface area (Å²) in [4.78, 5) is 32.6. The number of aromatic hydroxyl groups is 1. The van der Waals surface area contributed by atoms with Gasteiger partial charge in [-0.25, -0.2) is 9.37 Å². The van der Waals surface area contributed by atoms with Crippen LogP contribution >= 0.6 is 35.3 Å². The Morgan fingerprint density at radius 2 is 2.15 bits per heavy atom. The summed E-state index contributed by atoms with van der Waals surface area (Å²) >= 11 is 7.08. The van der Waals surface area contributed by atoms with Gasteiger partial charge in [0.1, 0.15) is 10.8 Å². The molecule has 1 N–H and O–H groups in total. The second-order valence-electron chi connectivity index (χ2n) is 7.92. The predicted octanol–water partition coefficient (Wildman–Crippen LogP) is 4.07. The number of amides is 1. The summed E-state index contributed by atoms with van der Waals surface area (Å²) in [5.74, 6) is -1.51. The predicted molar refractivity (Wildman–Crippen MR) is 125 cm³/mol. The number of carbonyl (C=O) groups is 1. The Kier molecular flexibility index (Phi) is 6.50. The third-order valence-corrected chi connectivity index (χ3v) is 7.18. The molecule has 4 heterocycles. The molecule has 11 heteroatoms. The summed E-state index contributed by atoms with van der Waals surface area (Å²) in [7, 11) is 0. The van der Waals surface area contributed by atoms with Gasteiger partial charge in [-0.2, -0.15) is 0 Å². The number of ether oxygens (including phenoxy) is 1. The monoisotopic (exact) mass is 511 g/mol. The second kappa shape index (κ2) is 9.06. The van der Waals surface area contributed by atoms with Crippen molar-refractivity contribution >= 4 is 41.3 Å². The molecule has 0 unspecified atom stereocenters. The summed E-state index contributed by atoms with van der Waals surface area (Å²) in [6.45, 7) is 2.77. The highest BCUT2D eigenvalue weighted by Gasteiger charge is 2.40. The number of rotatable bonds is 3. The molecule has 1 saturated heterocycles. The molecule has 0 radical (unpaired) electrons. The summed E-state index contributed by atoms with van der Waals surface area (Å²) in [5.41, 5.74) is -0.0975. The lowest BCUT2D eigenvalue weighted by Crippen LogP contribution is -2.56. The highest BCUT2D eigenvalue weighted by molar-refractivity contribution is 7.15. The van der Waals surface area contributed by atoms with Crippen LogP contribution in [0.1, 0.15) is 34.3 Å². The van der Waals surface area contributed by atoms with Crippen molar-refractivity contribution in [2.24, 2.45) is 0 Å². The van der Waals surface area contributed by atoms with E-state index >= 15 is 0 Å². The van der Waals surface area contributed by atoms with Crippen molar-refractivity contribution in [3.05, 3.63) is 67.8 Å². The van der Waals surface area contributed by atoms with Crippen molar-refractivity contribution in [2.75, 3.05) is 6.61 Å². The Morgan fingerprint density at radius 1 is 1.36 bits per heavy atom. The van der Waals surface area contributed by atoms with Gasteiger partial charge in [0.15, 0.2) is 17.7 Å². The lowest BCUT2D eigenvalue weighted by molar-refractivity contribution is -0.112. The first-order chi connectivity index (χ1) is 15.3. The van der Waals surface area contributed by atoms with E-state index in [0.717, 1.165) is 4.88 Å². The number of thiazole rings is 1. The number of nitrogens with zero attached hydrogens (tertiary/aromatic N) is 3. The van der Waals surface area contributed by atoms with Gasteiger partial charge < -0.3 is 19.3 Å². The zero-order chi connectivity index (χ0) is 22.6. The minimum atomic E-state index is -0.663. The van der Waals surface area contributed by atoms with Gasteiger partial charge in [-0.15, -0.1) is 23.7 Å². The van der Waals surface area contributed by atoms with Crippen molar-refractivity contribution in [3.8, 4) is 16.3 Å². The Hall–Kier alpha value is -2.46. The van der Waals surface area contributed by atoms with Crippen LogP contribution < -0.4 is 5.43 Å². The number of hydrogen-bond acceptors (Lipinski definition) is 6. The number of hydrogen-bond donors (Lipinski definition) is 1. The molecule has 1 aromatic carbocycles. The molecule has 2 aromatic heterocycles. The second-order valence-corrected chi connectivity index (χ2v) is 9.44. The number of aromatic nitrogens is 2. The first-order valence-electron chi connectivity index (χ1n) is 10.1. The fraction of sp³-hybridized carbons (Fsp3) is 0.318. The quantitative estimate of drug-likeness (QED) is 0.572. The largest absolute Gasteiger partial charge is 0.503 e. The van der Waals surface area contributed by atoms with Crippen LogP contribution in [0.5, 0.6) is 5.75 Å². The molecule has 174 valence electrons. The van der Waals surface area contributed by atoms with Crippen LogP contribution in [-0.2, 0) is 17.7 Å². The van der Waals surface area contributed by atoms with E-state index in [1.807, 2.05) is 6.92 Å². The third kappa shape index (κ3) is 4.03. The van der Waals surface area contributed by atoms with Gasteiger partial charge in [0, 0.05) is 29.7 Å². The third-order valence-electron chi connectivity index (χ3n) is 5.86. The highest BCUT2D eigenvalue weighted by Crippen LogP contribution is 2.32. The summed E-state index contributed by atoms with van der Waals surface area (Å²) in [6, 6.07) is 4.75. The van der Waals surface area contributed by atoms with Crippen LogP contribution in [0.3, 0.4) is 0 Å². The van der Waals surface area contributed by atoms with Crippen LogP contribution in [0.25, 0.3) is 10.6 Å². The van der Waals surface area contributed by atoms with Crippen LogP contribution in [0.15, 0.2) is 35.4 Å². The number of carbonyl (C=O) groups excluding carboxylic acids is 1. The molecule has 2 atom stereocenters. The molecule has 0 saturated carbocycles. The molecule has 2 aliphatic rings. The molecular formula is C22H20Cl2FN3O4S. The molecule has 2 aliphatic heterocycles. The van der Waals surface area contributed by atoms with E-state index in [9.17, 15) is 19.1 Å². The van der Waals surface area contributed by atoms with Crippen molar-refractivity contribution in [3.63, 3.8) is 0 Å². The van der Waals surface area contributed by atoms with Crippen LogP contribution in [-0.4, -0.2) is 44.3 Å². The zero-order valence-corrected chi connectivity index (χ0v) is 19.8. The standard InChI is InChI=1S/C22H19ClFN3O4S.ClH/c1-11-5-6-31-16-10-26-9-14(19(28)20(29)18(26)22(30)27(11)16)21-25-8-13(32-21)7-12-3-2-4-15(23)17(12)24;/h2-4,8-9,11,16,29H,5-7,10H2,1H3;1H/t11-,16+;/m0./s1. The van der Waals surface area contributed by atoms with E-state index in [1.165, 1.54) is 23.6 Å². The smallest absolute Gasteiger partial charge is 0.276 e. The molecule has 0 bridgehead atoms. The Labute approximate surface area is 203 Å². The fourth-order valence-corrected chi connectivity index (χ4v) is 5.33. The molecule has 1 fully saturated rings. The molecule has 0 aliphatic carbocycles. The van der Waals surface area contributed by atoms with Crippen LogP contribution in [0.2, 0.25) is 5.02 Å². The van der Waals surface area contributed by atoms with E-state index in [4.69, 9.17) is 16.3 Å². The summed E-state index contributed by atoms with van der Waals surface area (Å²) in [6.07, 6.45) is 3.62. The van der Waals surface area contributed by atoms with E-state index in [2.05, 4.69) is 4.98 Å². The first-order valence-corrected chi connectivity index (χ1v) is 11.3. The van der Waals surface area contributed by atoms with E-state index in [-0.39, 0.29) is 41.1 Å². The zero-order valence-electron chi connectivity index (χ0n) is 17.5. The van der Waals surface area contributed by atoms with Crippen molar-refractivity contribution in [2.45, 2.75) is 38.6 Å². The van der Waals surface area contributed by atoms with Gasteiger partial charge in [-0.05, 0) is 25.0 Å². The number of halogens is 3. The van der Waals surface area contributed by atoms with E-state index in [0.29, 0.717) is 30.1 Å². The van der Waals surface area contributed by atoms with Gasteiger partial charge in [0.25, 0.3) is 5.91 Å². The highest BCUT2D eigenvalue weighted by atomic mass is 35.5. The Morgan fingerprint density at radius 3 is 2.94 bits per heavy atom. The Bertz CT molecular complexity index is 1300. The average Bonchev–Trinajstić information content (AvgIpc) is 3.22. The maximum Gasteiger partial charge on any atom is 0.276 e. The van der Waals surface area contributed by atoms with Gasteiger partial charge in [-0.1, -0.05) is 23.7 Å². The SMILES string of the molecule is C[C@H]1CCO[C@@H]2Cn3cc(-c4ncc(Cc5cccc(Cl)c5F)s4)c(=O)c(O)c3C(=O)N12.Cl. The number of fused-ring (bicyclic) bond motifs is 2. The summed E-state index contributed by atoms with van der Waals surface area (Å²) < 4.78 is 21.6. The molecule has 33 heavy (non-hydrogen) atoms. The van der Waals surface area contributed by atoms with Gasteiger partial charge in [-0.3, -0.25) is 9.59 Å². The lowest BCUT2D eigenvalue weighted by atomic mass is 10.1. The topological polar surface area (TPSA) is 84.7 Å². The maximum atomic E-state index is 14.2. The molecule has 5 rings (SSSR count). The van der Waals surface area contributed by atoms with Crippen LogP contribution in [0.4, 0.5) is 4.39 Å². The van der Waals surface area contributed by atoms with Crippen molar-refractivity contribution in [1.82, 2.24) is 14.5 Å². The molecular weight excluding hydrogens is 492 g/mol. The van der Waals surface area contributed by atoms with Gasteiger partial charge >= 0.3 is 0 Å². The minimum absolute atomic E-state index is 0. The minimum Gasteiger partial charge on any atom is -0.503 e. The molecule has 3 aromatic rings. The van der Waals surface area contributed by atoms with Gasteiger partial charge in [0.2, 0.25) is 5.43 Å². The van der Waals surface area contributed by atoms with Crippen molar-refractivity contribution in [1.29, 1.82) is 0 Å². The van der Waals surface area contributed by atoms with E-state index in [1.54, 1.807) is 27.8 Å². The fourth-order valence-electron chi connectivity index (χ4n) is 4.20. The van der Waals surface area contributed by atoms with E-state index < -0.39 is 29.1 Å². The van der Waals surface area contributed by atoms with Crippen LogP contribution in [0, 0.1) is 5.82 Å². The molecule has 1 amide bonds. The van der Waals surface area contributed by atoms with Crippen molar-refractivity contribution < 1.29 is 19.0 Å². The number of pyridine rings is 1. The maximum absolute atomic E-state index is 14.2. The summed E-state index contributed by atoms with van der Waals surface area (Å²) in [5, 5.41) is 11.1.